The molecule has 0 amide bonds. The molecule has 0 aliphatic heterocycles. The summed E-state index contributed by atoms with van der Waals surface area (Å²) < 4.78 is 5.36. The minimum Gasteiger partial charge on any atom is -0.508 e. The zero-order chi connectivity index (χ0) is 17.1. The second-order valence-electron chi connectivity index (χ2n) is 5.52. The Labute approximate surface area is 156 Å². The number of benzene rings is 2. The van der Waals surface area contributed by atoms with Crippen molar-refractivity contribution >= 4 is 40.8 Å². The van der Waals surface area contributed by atoms with E-state index in [9.17, 15) is 5.11 Å². The molecule has 0 bridgehead atoms. The van der Waals surface area contributed by atoms with Gasteiger partial charge in [-0.3, -0.25) is 0 Å². The summed E-state index contributed by atoms with van der Waals surface area (Å²) in [4.78, 5) is 9.11. The van der Waals surface area contributed by atoms with Crippen LogP contribution in [0.1, 0.15) is 5.76 Å². The van der Waals surface area contributed by atoms with Gasteiger partial charge in [-0.1, -0.05) is 18.2 Å². The van der Waals surface area contributed by atoms with E-state index in [1.807, 2.05) is 42.5 Å². The number of aromatic nitrogens is 2. The molecule has 0 fully saturated rings. The lowest BCUT2D eigenvalue weighted by Gasteiger charge is -2.11. The van der Waals surface area contributed by atoms with Crippen LogP contribution in [0.25, 0.3) is 10.9 Å². The average Bonchev–Trinajstić information content (AvgIpc) is 3.13. The van der Waals surface area contributed by atoms with Crippen LogP contribution < -0.4 is 10.6 Å². The van der Waals surface area contributed by atoms with Gasteiger partial charge in [0.1, 0.15) is 17.3 Å². The molecule has 2 heterocycles. The minimum atomic E-state index is 0. The molecular weight excluding hydrogens is 352 g/mol. The van der Waals surface area contributed by atoms with Crippen molar-refractivity contribution in [3.05, 3.63) is 72.7 Å². The number of phenolic OH excluding ortho intramolecular Hbond substituents is 1. The SMILES string of the molecule is Cl.Oc1cccc(Nc2nc(NCc3ccco3)c3ccccc3n2)c1. The quantitative estimate of drug-likeness (QED) is 0.473. The van der Waals surface area contributed by atoms with E-state index in [4.69, 9.17) is 4.42 Å². The number of para-hydroxylation sites is 1. The van der Waals surface area contributed by atoms with Gasteiger partial charge in [0.05, 0.1) is 18.3 Å². The number of furan rings is 1. The van der Waals surface area contributed by atoms with Crippen LogP contribution in [0.15, 0.2) is 71.3 Å². The lowest BCUT2D eigenvalue weighted by molar-refractivity contribution is 0.475. The lowest BCUT2D eigenvalue weighted by Crippen LogP contribution is -2.05. The largest absolute Gasteiger partial charge is 0.508 e. The summed E-state index contributed by atoms with van der Waals surface area (Å²) in [7, 11) is 0. The van der Waals surface area contributed by atoms with Crippen molar-refractivity contribution in [3.8, 4) is 5.75 Å². The van der Waals surface area contributed by atoms with E-state index >= 15 is 0 Å². The van der Waals surface area contributed by atoms with Gasteiger partial charge < -0.3 is 20.2 Å². The lowest BCUT2D eigenvalue weighted by atomic mass is 10.2. The molecule has 132 valence electrons. The first-order valence-corrected chi connectivity index (χ1v) is 7.87. The van der Waals surface area contributed by atoms with E-state index in [-0.39, 0.29) is 18.2 Å². The molecule has 0 atom stereocenters. The van der Waals surface area contributed by atoms with Gasteiger partial charge in [0.25, 0.3) is 0 Å². The molecule has 0 spiro atoms. The van der Waals surface area contributed by atoms with Gasteiger partial charge in [0, 0.05) is 17.1 Å². The van der Waals surface area contributed by atoms with Gasteiger partial charge in [-0.15, -0.1) is 12.4 Å². The zero-order valence-corrected chi connectivity index (χ0v) is 14.5. The monoisotopic (exact) mass is 368 g/mol. The summed E-state index contributed by atoms with van der Waals surface area (Å²) in [5.41, 5.74) is 1.54. The van der Waals surface area contributed by atoms with Crippen LogP contribution in [-0.4, -0.2) is 15.1 Å². The Morgan fingerprint density at radius 3 is 2.65 bits per heavy atom. The average molecular weight is 369 g/mol. The summed E-state index contributed by atoms with van der Waals surface area (Å²) in [6.45, 7) is 0.527. The van der Waals surface area contributed by atoms with Gasteiger partial charge in [-0.2, -0.15) is 4.98 Å². The number of rotatable bonds is 5. The van der Waals surface area contributed by atoms with E-state index in [0.717, 1.165) is 16.7 Å². The number of nitrogens with zero attached hydrogens (tertiary/aromatic N) is 2. The second kappa shape index (κ2) is 7.76. The Hall–Kier alpha value is -3.25. The summed E-state index contributed by atoms with van der Waals surface area (Å²) in [6, 6.07) is 18.4. The van der Waals surface area contributed by atoms with Crippen LogP contribution in [0.2, 0.25) is 0 Å². The van der Waals surface area contributed by atoms with Gasteiger partial charge >= 0.3 is 0 Å². The zero-order valence-electron chi connectivity index (χ0n) is 13.7. The van der Waals surface area contributed by atoms with Gasteiger partial charge in [0.15, 0.2) is 0 Å². The Balaban J connectivity index is 0.00000196. The smallest absolute Gasteiger partial charge is 0.229 e. The van der Waals surface area contributed by atoms with Crippen LogP contribution >= 0.6 is 12.4 Å². The minimum absolute atomic E-state index is 0. The van der Waals surface area contributed by atoms with Crippen molar-refractivity contribution < 1.29 is 9.52 Å². The van der Waals surface area contributed by atoms with E-state index in [1.54, 1.807) is 24.5 Å². The molecule has 0 unspecified atom stereocenters. The number of halogens is 1. The third-order valence-corrected chi connectivity index (χ3v) is 3.72. The fourth-order valence-electron chi connectivity index (χ4n) is 2.56. The maximum absolute atomic E-state index is 9.60. The number of aromatic hydroxyl groups is 1. The molecule has 0 saturated carbocycles. The van der Waals surface area contributed by atoms with E-state index < -0.39 is 0 Å². The molecule has 4 rings (SSSR count). The van der Waals surface area contributed by atoms with Crippen molar-refractivity contribution in [1.29, 1.82) is 0 Å². The van der Waals surface area contributed by atoms with Crippen molar-refractivity contribution in [1.82, 2.24) is 9.97 Å². The molecule has 0 saturated heterocycles. The van der Waals surface area contributed by atoms with Gasteiger partial charge in [-0.05, 0) is 36.4 Å². The first-order chi connectivity index (χ1) is 12.3. The first kappa shape index (κ1) is 17.6. The van der Waals surface area contributed by atoms with Gasteiger partial charge in [0.2, 0.25) is 5.95 Å². The van der Waals surface area contributed by atoms with Gasteiger partial charge in [-0.25, -0.2) is 4.98 Å². The standard InChI is InChI=1S/C19H16N4O2.ClH/c24-14-6-3-5-13(11-14)21-19-22-17-9-2-1-8-16(17)18(23-19)20-12-15-7-4-10-25-15;/h1-11,24H,12H2,(H2,20,21,22,23);1H. The molecule has 2 aromatic heterocycles. The molecule has 2 aromatic carbocycles. The molecule has 7 heteroatoms. The molecule has 0 aliphatic rings. The Kier molecular flexibility index (Phi) is 5.24. The highest BCUT2D eigenvalue weighted by atomic mass is 35.5. The molecule has 3 N–H and O–H groups in total. The number of hydrogen-bond acceptors (Lipinski definition) is 6. The highest BCUT2D eigenvalue weighted by Gasteiger charge is 2.08. The van der Waals surface area contributed by atoms with Crippen molar-refractivity contribution in [3.63, 3.8) is 0 Å². The topological polar surface area (TPSA) is 83.2 Å². The second-order valence-corrected chi connectivity index (χ2v) is 5.52. The molecule has 26 heavy (non-hydrogen) atoms. The highest BCUT2D eigenvalue weighted by Crippen LogP contribution is 2.25. The Bertz CT molecular complexity index is 1010. The van der Waals surface area contributed by atoms with Crippen molar-refractivity contribution in [2.45, 2.75) is 6.54 Å². The number of phenols is 1. The Morgan fingerprint density at radius 1 is 0.962 bits per heavy atom. The summed E-state index contributed by atoms with van der Waals surface area (Å²) in [5.74, 6) is 2.17. The third kappa shape index (κ3) is 3.87. The van der Waals surface area contributed by atoms with Crippen LogP contribution in [0.5, 0.6) is 5.75 Å². The predicted octanol–water partition coefficient (Wildman–Crippen LogP) is 4.71. The number of nitrogens with one attached hydrogen (secondary N) is 2. The molecule has 4 aromatic rings. The van der Waals surface area contributed by atoms with Crippen molar-refractivity contribution in [2.24, 2.45) is 0 Å². The fourth-order valence-corrected chi connectivity index (χ4v) is 2.56. The molecular formula is C19H17ClN4O2. The number of fused-ring (bicyclic) bond motifs is 1. The van der Waals surface area contributed by atoms with E-state index in [0.29, 0.717) is 24.0 Å². The van der Waals surface area contributed by atoms with Crippen LogP contribution in [-0.2, 0) is 6.54 Å². The third-order valence-electron chi connectivity index (χ3n) is 3.72. The van der Waals surface area contributed by atoms with Crippen LogP contribution in [0.3, 0.4) is 0 Å². The van der Waals surface area contributed by atoms with E-state index in [1.165, 1.54) is 0 Å². The Morgan fingerprint density at radius 2 is 1.85 bits per heavy atom. The first-order valence-electron chi connectivity index (χ1n) is 7.87. The maximum atomic E-state index is 9.60. The fraction of sp³-hybridized carbons (Fsp3) is 0.0526. The normalized spacial score (nSPS) is 10.3. The van der Waals surface area contributed by atoms with E-state index in [2.05, 4.69) is 20.6 Å². The highest BCUT2D eigenvalue weighted by molar-refractivity contribution is 5.90. The summed E-state index contributed by atoms with van der Waals surface area (Å²) in [5, 5.41) is 16.9. The molecule has 6 nitrogen and oxygen atoms in total. The molecule has 0 radical (unpaired) electrons. The number of hydrogen-bond donors (Lipinski definition) is 3. The maximum Gasteiger partial charge on any atom is 0.229 e. The van der Waals surface area contributed by atoms with Crippen LogP contribution in [0.4, 0.5) is 17.5 Å². The number of anilines is 3. The van der Waals surface area contributed by atoms with Crippen LogP contribution in [0, 0.1) is 0 Å². The molecule has 0 aliphatic carbocycles. The van der Waals surface area contributed by atoms with Crippen molar-refractivity contribution in [2.75, 3.05) is 10.6 Å². The predicted molar refractivity (Wildman–Crippen MR) is 104 cm³/mol. The summed E-state index contributed by atoms with van der Waals surface area (Å²) >= 11 is 0. The summed E-state index contributed by atoms with van der Waals surface area (Å²) in [6.07, 6.45) is 1.64.